The first-order valence-corrected chi connectivity index (χ1v) is 5.56. The summed E-state index contributed by atoms with van der Waals surface area (Å²) in [5, 5.41) is 10.3. The van der Waals surface area contributed by atoms with Crippen molar-refractivity contribution in [3.8, 4) is 0 Å². The van der Waals surface area contributed by atoms with Crippen LogP contribution in [0.1, 0.15) is 45.4 Å². The zero-order chi connectivity index (χ0) is 9.31. The molecule has 0 amide bonds. The van der Waals surface area contributed by atoms with E-state index in [2.05, 4.69) is 6.92 Å². The second kappa shape index (κ2) is 3.58. The average molecular weight is 184 g/mol. The smallest absolute Gasteiger partial charge is 0.0697 e. The van der Waals surface area contributed by atoms with Gasteiger partial charge in [0.25, 0.3) is 0 Å². The quantitative estimate of drug-likeness (QED) is 0.728. The van der Waals surface area contributed by atoms with E-state index in [-0.39, 0.29) is 5.60 Å². The van der Waals surface area contributed by atoms with Gasteiger partial charge in [0.1, 0.15) is 0 Å². The molecule has 0 radical (unpaired) electrons. The summed E-state index contributed by atoms with van der Waals surface area (Å²) in [4.78, 5) is 0. The number of hydrogen-bond acceptors (Lipinski definition) is 2. The Morgan fingerprint density at radius 3 is 2.85 bits per heavy atom. The molecule has 0 bridgehead atoms. The first-order chi connectivity index (χ1) is 6.22. The molecular formula is C11H20O2. The first-order valence-electron chi connectivity index (χ1n) is 5.56. The molecule has 2 aliphatic rings. The fourth-order valence-electron chi connectivity index (χ4n) is 2.31. The molecule has 2 rings (SSSR count). The van der Waals surface area contributed by atoms with Gasteiger partial charge in [-0.25, -0.2) is 0 Å². The molecule has 1 saturated heterocycles. The van der Waals surface area contributed by atoms with Crippen molar-refractivity contribution in [2.75, 3.05) is 6.61 Å². The fraction of sp³-hybridized carbons (Fsp3) is 1.00. The average Bonchev–Trinajstić information content (AvgIpc) is 2.87. The van der Waals surface area contributed by atoms with Crippen LogP contribution in [0.4, 0.5) is 0 Å². The third kappa shape index (κ3) is 2.44. The van der Waals surface area contributed by atoms with Crippen LogP contribution < -0.4 is 0 Å². The lowest BCUT2D eigenvalue weighted by molar-refractivity contribution is -0.109. The maximum absolute atomic E-state index is 10.3. The highest BCUT2D eigenvalue weighted by Crippen LogP contribution is 2.41. The van der Waals surface area contributed by atoms with E-state index in [4.69, 9.17) is 4.74 Å². The molecule has 2 heteroatoms. The zero-order valence-electron chi connectivity index (χ0n) is 8.46. The number of hydrogen-bond donors (Lipinski definition) is 1. The van der Waals surface area contributed by atoms with Gasteiger partial charge in [-0.3, -0.25) is 0 Å². The molecule has 1 heterocycles. The van der Waals surface area contributed by atoms with Crippen LogP contribution in [0.2, 0.25) is 0 Å². The lowest BCUT2D eigenvalue weighted by Gasteiger charge is -2.36. The minimum atomic E-state index is -0.389. The Hall–Kier alpha value is -0.0800. The topological polar surface area (TPSA) is 29.5 Å². The van der Waals surface area contributed by atoms with Gasteiger partial charge in [0.05, 0.1) is 11.7 Å². The first kappa shape index (κ1) is 9.47. The second-order valence-electron chi connectivity index (χ2n) is 4.73. The fourth-order valence-corrected chi connectivity index (χ4v) is 2.31. The molecule has 0 aromatic rings. The van der Waals surface area contributed by atoms with Crippen LogP contribution in [0.3, 0.4) is 0 Å². The van der Waals surface area contributed by atoms with Gasteiger partial charge in [-0.05, 0) is 25.2 Å². The van der Waals surface area contributed by atoms with Gasteiger partial charge in [-0.15, -0.1) is 0 Å². The molecule has 1 aliphatic carbocycles. The molecule has 2 atom stereocenters. The summed E-state index contributed by atoms with van der Waals surface area (Å²) in [6, 6.07) is 0. The summed E-state index contributed by atoms with van der Waals surface area (Å²) >= 11 is 0. The summed E-state index contributed by atoms with van der Waals surface area (Å²) in [6.07, 6.45) is 6.73. The molecule has 2 unspecified atom stereocenters. The van der Waals surface area contributed by atoms with E-state index in [1.807, 2.05) is 0 Å². The predicted octanol–water partition coefficient (Wildman–Crippen LogP) is 2.11. The van der Waals surface area contributed by atoms with E-state index in [9.17, 15) is 5.11 Å². The molecule has 0 spiro atoms. The molecule has 76 valence electrons. The molecule has 1 saturated carbocycles. The van der Waals surface area contributed by atoms with Crippen LogP contribution in [0.5, 0.6) is 0 Å². The molecule has 0 aromatic carbocycles. The molecule has 13 heavy (non-hydrogen) atoms. The number of ether oxygens (including phenoxy) is 1. The summed E-state index contributed by atoms with van der Waals surface area (Å²) in [6.45, 7) is 2.88. The van der Waals surface area contributed by atoms with Gasteiger partial charge in [0, 0.05) is 13.0 Å². The van der Waals surface area contributed by atoms with Gasteiger partial charge in [-0.2, -0.15) is 0 Å². The standard InChI is InChI=1S/C11H20O2/c1-2-10-8-11(12,5-6-13-10)7-9-3-4-9/h9-10,12H,2-8H2,1H3. The van der Waals surface area contributed by atoms with E-state index in [1.54, 1.807) is 0 Å². The van der Waals surface area contributed by atoms with Crippen molar-refractivity contribution in [1.29, 1.82) is 0 Å². The Bertz CT molecular complexity index is 177. The normalized spacial score (nSPS) is 40.6. The minimum Gasteiger partial charge on any atom is -0.390 e. The monoisotopic (exact) mass is 184 g/mol. The van der Waals surface area contributed by atoms with Gasteiger partial charge in [-0.1, -0.05) is 19.8 Å². The summed E-state index contributed by atoms with van der Waals surface area (Å²) < 4.78 is 5.56. The highest BCUT2D eigenvalue weighted by Gasteiger charge is 2.39. The largest absolute Gasteiger partial charge is 0.390 e. The minimum absolute atomic E-state index is 0.303. The summed E-state index contributed by atoms with van der Waals surface area (Å²) in [5.74, 6) is 0.820. The maximum atomic E-state index is 10.3. The lowest BCUT2D eigenvalue weighted by Crippen LogP contribution is -2.40. The highest BCUT2D eigenvalue weighted by atomic mass is 16.5. The van der Waals surface area contributed by atoms with Crippen LogP contribution in [0.25, 0.3) is 0 Å². The van der Waals surface area contributed by atoms with E-state index in [0.29, 0.717) is 6.10 Å². The van der Waals surface area contributed by atoms with Crippen molar-refractivity contribution >= 4 is 0 Å². The van der Waals surface area contributed by atoms with Crippen molar-refractivity contribution in [3.63, 3.8) is 0 Å². The summed E-state index contributed by atoms with van der Waals surface area (Å²) in [7, 11) is 0. The zero-order valence-corrected chi connectivity index (χ0v) is 8.46. The Labute approximate surface area is 80.3 Å². The maximum Gasteiger partial charge on any atom is 0.0697 e. The van der Waals surface area contributed by atoms with Gasteiger partial charge in [0.15, 0.2) is 0 Å². The van der Waals surface area contributed by atoms with Crippen LogP contribution >= 0.6 is 0 Å². The number of aliphatic hydroxyl groups is 1. The molecule has 2 nitrogen and oxygen atoms in total. The Morgan fingerprint density at radius 2 is 2.23 bits per heavy atom. The van der Waals surface area contributed by atoms with Crippen molar-refractivity contribution in [1.82, 2.24) is 0 Å². The SMILES string of the molecule is CCC1CC(O)(CC2CC2)CCO1. The molecule has 1 N–H and O–H groups in total. The van der Waals surface area contributed by atoms with Crippen molar-refractivity contribution < 1.29 is 9.84 Å². The Morgan fingerprint density at radius 1 is 1.46 bits per heavy atom. The van der Waals surface area contributed by atoms with E-state index >= 15 is 0 Å². The van der Waals surface area contributed by atoms with E-state index in [0.717, 1.165) is 38.2 Å². The van der Waals surface area contributed by atoms with E-state index < -0.39 is 0 Å². The lowest BCUT2D eigenvalue weighted by atomic mass is 9.85. The van der Waals surface area contributed by atoms with Crippen molar-refractivity contribution in [3.05, 3.63) is 0 Å². The molecular weight excluding hydrogens is 164 g/mol. The Kier molecular flexibility index (Phi) is 2.61. The van der Waals surface area contributed by atoms with Crippen LogP contribution in [-0.2, 0) is 4.74 Å². The molecule has 0 aromatic heterocycles. The Balaban J connectivity index is 1.87. The second-order valence-corrected chi connectivity index (χ2v) is 4.73. The van der Waals surface area contributed by atoms with Crippen molar-refractivity contribution in [2.24, 2.45) is 5.92 Å². The third-order valence-electron chi connectivity index (χ3n) is 3.35. The number of rotatable bonds is 3. The predicted molar refractivity (Wildman–Crippen MR) is 51.6 cm³/mol. The van der Waals surface area contributed by atoms with Gasteiger partial charge in [0.2, 0.25) is 0 Å². The van der Waals surface area contributed by atoms with Crippen LogP contribution in [0.15, 0.2) is 0 Å². The van der Waals surface area contributed by atoms with Gasteiger partial charge < -0.3 is 9.84 Å². The van der Waals surface area contributed by atoms with Crippen LogP contribution in [-0.4, -0.2) is 23.4 Å². The molecule has 1 aliphatic heterocycles. The van der Waals surface area contributed by atoms with Crippen molar-refractivity contribution in [2.45, 2.75) is 57.2 Å². The molecule has 2 fully saturated rings. The third-order valence-corrected chi connectivity index (χ3v) is 3.35. The summed E-state index contributed by atoms with van der Waals surface area (Å²) in [5.41, 5.74) is -0.389. The van der Waals surface area contributed by atoms with Gasteiger partial charge >= 0.3 is 0 Å². The highest BCUT2D eigenvalue weighted by molar-refractivity contribution is 4.90. The van der Waals surface area contributed by atoms with E-state index in [1.165, 1.54) is 12.8 Å². The van der Waals surface area contributed by atoms with Crippen LogP contribution in [0, 0.1) is 5.92 Å².